The fraction of sp³-hybridized carbons (Fsp3) is 0.526. The molecule has 2 saturated carbocycles. The lowest BCUT2D eigenvalue weighted by Gasteiger charge is -2.35. The molecule has 0 bridgehead atoms. The highest BCUT2D eigenvalue weighted by atomic mass is 16.2. The number of hydrogen-bond donors (Lipinski definition) is 2. The molecule has 0 aromatic carbocycles. The number of hydrogen-bond acceptors (Lipinski definition) is 5. The first kappa shape index (κ1) is 17.5. The van der Waals surface area contributed by atoms with Crippen LogP contribution in [0, 0.1) is 17.2 Å². The van der Waals surface area contributed by atoms with Crippen molar-refractivity contribution in [2.45, 2.75) is 38.0 Å². The van der Waals surface area contributed by atoms with Gasteiger partial charge in [-0.2, -0.15) is 5.26 Å². The Morgan fingerprint density at radius 3 is 2.67 bits per heavy atom. The van der Waals surface area contributed by atoms with E-state index in [-0.39, 0.29) is 24.3 Å². The predicted octanol–water partition coefficient (Wildman–Crippen LogP) is 1.72. The first-order chi connectivity index (χ1) is 13.2. The Kier molecular flexibility index (Phi) is 4.75. The second-order valence-electron chi connectivity index (χ2n) is 7.34. The normalized spacial score (nSPS) is 18.1. The molecule has 2 aromatic rings. The van der Waals surface area contributed by atoms with Gasteiger partial charge < -0.3 is 15.2 Å². The maximum absolute atomic E-state index is 12.3. The fourth-order valence-corrected chi connectivity index (χ4v) is 2.78. The third-order valence-corrected chi connectivity index (χ3v) is 4.81. The zero-order valence-electron chi connectivity index (χ0n) is 15.1. The summed E-state index contributed by atoms with van der Waals surface area (Å²) in [6.07, 6.45) is 10.0. The van der Waals surface area contributed by atoms with Crippen molar-refractivity contribution < 1.29 is 9.59 Å². The molecule has 3 fully saturated rings. The van der Waals surface area contributed by atoms with E-state index >= 15 is 0 Å². The van der Waals surface area contributed by atoms with Gasteiger partial charge in [-0.05, 0) is 12.8 Å². The van der Waals surface area contributed by atoms with Crippen molar-refractivity contribution in [3.63, 3.8) is 0 Å². The Morgan fingerprint density at radius 1 is 1.30 bits per heavy atom. The molecule has 3 heterocycles. The predicted molar refractivity (Wildman–Crippen MR) is 97.7 cm³/mol. The van der Waals surface area contributed by atoms with Gasteiger partial charge in [0.15, 0.2) is 5.65 Å². The molecule has 2 aromatic heterocycles. The van der Waals surface area contributed by atoms with Crippen LogP contribution in [0.4, 0.5) is 0 Å². The molecule has 0 unspecified atom stereocenters. The van der Waals surface area contributed by atoms with E-state index < -0.39 is 0 Å². The summed E-state index contributed by atoms with van der Waals surface area (Å²) in [4.78, 5) is 37.6. The third kappa shape index (κ3) is 4.08. The minimum absolute atomic E-state index is 0.0839. The summed E-state index contributed by atoms with van der Waals surface area (Å²) in [5.74, 6) is -0.170. The molecule has 8 heteroatoms. The Bertz CT molecular complexity index is 900. The average Bonchev–Trinajstić information content (AvgIpc) is 3.53. The molecule has 1 saturated heterocycles. The highest BCUT2D eigenvalue weighted by Gasteiger charge is 2.30. The van der Waals surface area contributed by atoms with E-state index in [0.717, 1.165) is 18.5 Å². The smallest absolute Gasteiger partial charge is 0.255 e. The molecule has 2 amide bonds. The van der Waals surface area contributed by atoms with E-state index in [1.165, 1.54) is 19.3 Å². The van der Waals surface area contributed by atoms with Crippen LogP contribution in [0.25, 0.3) is 11.2 Å². The van der Waals surface area contributed by atoms with Crippen molar-refractivity contribution in [3.05, 3.63) is 23.7 Å². The van der Waals surface area contributed by atoms with Crippen LogP contribution in [-0.2, 0) is 4.79 Å². The van der Waals surface area contributed by atoms with Gasteiger partial charge >= 0.3 is 0 Å². The first-order valence-corrected chi connectivity index (χ1v) is 9.45. The molecule has 3 aliphatic rings. The van der Waals surface area contributed by atoms with Gasteiger partial charge in [0.05, 0.1) is 36.0 Å². The summed E-state index contributed by atoms with van der Waals surface area (Å²) in [6.45, 7) is 0.794. The van der Waals surface area contributed by atoms with Crippen LogP contribution in [0.2, 0.25) is 0 Å². The Hall–Kier alpha value is -2.95. The molecule has 2 aliphatic carbocycles. The maximum Gasteiger partial charge on any atom is 0.255 e. The Labute approximate surface area is 157 Å². The van der Waals surface area contributed by atoms with Gasteiger partial charge in [0.25, 0.3) is 5.91 Å². The lowest BCUT2D eigenvalue weighted by atomic mass is 10.0. The second-order valence-corrected chi connectivity index (χ2v) is 7.34. The number of carbonyl (C=O) groups is 2. The highest BCUT2D eigenvalue weighted by Crippen LogP contribution is 2.39. The standard InChI is InChI=1S/C16H16N6O2.C3H6/c17-3-9-7-22(8-9)13(23)6-20-16(24)11-4-18-15-14(11)21-12(5-19-15)10-1-2-10;1-2-3-1/h4-5,9-10H,1-2,6-8H2,(H,18,19)(H,20,24);1-3H2. The average molecular weight is 366 g/mol. The van der Waals surface area contributed by atoms with Gasteiger partial charge in [0, 0.05) is 25.2 Å². The van der Waals surface area contributed by atoms with Crippen molar-refractivity contribution >= 4 is 23.0 Å². The summed E-state index contributed by atoms with van der Waals surface area (Å²) in [5, 5.41) is 11.3. The van der Waals surface area contributed by atoms with Crippen LogP contribution < -0.4 is 5.32 Å². The SMILES string of the molecule is C1CC1.N#CC1CN(C(=O)CNC(=O)c2c[nH]c3ncc(C4CC4)nc23)C1. The van der Waals surface area contributed by atoms with Gasteiger partial charge in [0.1, 0.15) is 5.52 Å². The molecule has 0 atom stereocenters. The van der Waals surface area contributed by atoms with E-state index in [0.29, 0.717) is 35.7 Å². The van der Waals surface area contributed by atoms with Crippen LogP contribution in [0.1, 0.15) is 54.1 Å². The number of rotatable bonds is 4. The Balaban J connectivity index is 0.000000547. The lowest BCUT2D eigenvalue weighted by molar-refractivity contribution is -0.135. The van der Waals surface area contributed by atoms with Crippen LogP contribution in [-0.4, -0.2) is 51.3 Å². The zero-order chi connectivity index (χ0) is 18.8. The number of likely N-dealkylation sites (tertiary alicyclic amines) is 1. The monoisotopic (exact) mass is 366 g/mol. The molecule has 8 nitrogen and oxygen atoms in total. The quantitative estimate of drug-likeness (QED) is 0.855. The Morgan fingerprint density at radius 2 is 2.04 bits per heavy atom. The highest BCUT2D eigenvalue weighted by molar-refractivity contribution is 6.05. The van der Waals surface area contributed by atoms with Gasteiger partial charge in [0.2, 0.25) is 5.91 Å². The summed E-state index contributed by atoms with van der Waals surface area (Å²) in [5.41, 5.74) is 2.41. The van der Waals surface area contributed by atoms with Gasteiger partial charge in [-0.3, -0.25) is 9.59 Å². The minimum atomic E-state index is -0.353. The summed E-state index contributed by atoms with van der Waals surface area (Å²) >= 11 is 0. The number of nitrogens with zero attached hydrogens (tertiary/aromatic N) is 4. The van der Waals surface area contributed by atoms with Gasteiger partial charge in [-0.15, -0.1) is 0 Å². The van der Waals surface area contributed by atoms with Crippen molar-refractivity contribution in [2.24, 2.45) is 5.92 Å². The fourth-order valence-electron chi connectivity index (χ4n) is 2.78. The molecule has 27 heavy (non-hydrogen) atoms. The molecule has 5 rings (SSSR count). The molecular weight excluding hydrogens is 344 g/mol. The van der Waals surface area contributed by atoms with Crippen molar-refractivity contribution in [1.82, 2.24) is 25.2 Å². The van der Waals surface area contributed by atoms with Crippen LogP contribution in [0.15, 0.2) is 12.4 Å². The largest absolute Gasteiger partial charge is 0.344 e. The third-order valence-electron chi connectivity index (χ3n) is 4.81. The number of amides is 2. The molecule has 0 radical (unpaired) electrons. The topological polar surface area (TPSA) is 115 Å². The number of carbonyl (C=O) groups excluding carboxylic acids is 2. The second kappa shape index (κ2) is 7.35. The maximum atomic E-state index is 12.3. The van der Waals surface area contributed by atoms with Gasteiger partial charge in [-0.1, -0.05) is 19.3 Å². The van der Waals surface area contributed by atoms with E-state index in [4.69, 9.17) is 5.26 Å². The van der Waals surface area contributed by atoms with E-state index in [2.05, 4.69) is 26.3 Å². The lowest BCUT2D eigenvalue weighted by Crippen LogP contribution is -2.52. The molecule has 140 valence electrons. The number of nitrogens with one attached hydrogen (secondary N) is 2. The van der Waals surface area contributed by atoms with Crippen molar-refractivity contribution in [3.8, 4) is 6.07 Å². The van der Waals surface area contributed by atoms with Crippen LogP contribution in [0.3, 0.4) is 0 Å². The first-order valence-electron chi connectivity index (χ1n) is 9.45. The van der Waals surface area contributed by atoms with E-state index in [9.17, 15) is 9.59 Å². The van der Waals surface area contributed by atoms with Crippen molar-refractivity contribution in [1.29, 1.82) is 5.26 Å². The van der Waals surface area contributed by atoms with Crippen molar-refractivity contribution in [2.75, 3.05) is 19.6 Å². The molecule has 0 spiro atoms. The zero-order valence-corrected chi connectivity index (χ0v) is 15.1. The number of fused-ring (bicyclic) bond motifs is 1. The molecule has 1 aliphatic heterocycles. The van der Waals surface area contributed by atoms with Crippen LogP contribution in [0.5, 0.6) is 0 Å². The molecular formula is C19H22N6O2. The number of nitriles is 1. The minimum Gasteiger partial charge on any atom is -0.344 e. The molecule has 2 N–H and O–H groups in total. The van der Waals surface area contributed by atoms with E-state index in [1.54, 1.807) is 17.3 Å². The van der Waals surface area contributed by atoms with E-state index in [1.807, 2.05) is 0 Å². The number of aromatic nitrogens is 3. The summed E-state index contributed by atoms with van der Waals surface area (Å²) < 4.78 is 0. The number of H-pyrrole nitrogens is 1. The summed E-state index contributed by atoms with van der Waals surface area (Å²) in [7, 11) is 0. The van der Waals surface area contributed by atoms with Gasteiger partial charge in [-0.25, -0.2) is 9.97 Å². The number of aromatic amines is 1. The van der Waals surface area contributed by atoms with Crippen LogP contribution >= 0.6 is 0 Å². The summed E-state index contributed by atoms with van der Waals surface area (Å²) in [6, 6.07) is 2.11.